The summed E-state index contributed by atoms with van der Waals surface area (Å²) in [6, 6.07) is 31.6. The van der Waals surface area contributed by atoms with Gasteiger partial charge < -0.3 is 5.32 Å². The maximum Gasteiger partial charge on any atom is 0.0255 e. The Labute approximate surface area is 154 Å². The summed E-state index contributed by atoms with van der Waals surface area (Å²) in [5.41, 5.74) is 2.89. The highest BCUT2D eigenvalue weighted by Gasteiger charge is 2.29. The molecule has 26 heavy (non-hydrogen) atoms. The zero-order chi connectivity index (χ0) is 17.3. The molecule has 1 nitrogen and oxygen atoms in total. The zero-order valence-electron chi connectivity index (χ0n) is 14.9. The molecule has 1 unspecified atom stereocenters. The van der Waals surface area contributed by atoms with Crippen LogP contribution in [-0.2, 0) is 0 Å². The Morgan fingerprint density at radius 3 is 1.73 bits per heavy atom. The molecule has 0 bridgehead atoms. The minimum absolute atomic E-state index is 0.370. The van der Waals surface area contributed by atoms with Crippen LogP contribution in [0.1, 0.15) is 29.9 Å². The summed E-state index contributed by atoms with van der Waals surface area (Å²) in [4.78, 5) is 0. The molecule has 5 rings (SSSR count). The lowest BCUT2D eigenvalue weighted by atomic mass is 9.80. The highest BCUT2D eigenvalue weighted by Crippen LogP contribution is 2.39. The van der Waals surface area contributed by atoms with Gasteiger partial charge in [0.1, 0.15) is 0 Å². The van der Waals surface area contributed by atoms with E-state index >= 15 is 0 Å². The highest BCUT2D eigenvalue weighted by molar-refractivity contribution is 5.90. The van der Waals surface area contributed by atoms with Crippen LogP contribution in [0, 0.1) is 0 Å². The van der Waals surface area contributed by atoms with Crippen LogP contribution in [0.15, 0.2) is 84.9 Å². The molecule has 0 spiro atoms. The lowest BCUT2D eigenvalue weighted by molar-refractivity contribution is 0.545. The van der Waals surface area contributed by atoms with E-state index in [1.807, 2.05) is 0 Å². The van der Waals surface area contributed by atoms with Gasteiger partial charge in [-0.2, -0.15) is 0 Å². The average Bonchev–Trinajstić information content (AvgIpc) is 3.23. The van der Waals surface area contributed by atoms with Crippen molar-refractivity contribution < 1.29 is 0 Å². The van der Waals surface area contributed by atoms with Crippen LogP contribution >= 0.6 is 0 Å². The Balaban J connectivity index is 1.78. The van der Waals surface area contributed by atoms with Gasteiger partial charge in [0.05, 0.1) is 0 Å². The summed E-state index contributed by atoms with van der Waals surface area (Å²) in [5, 5.41) is 9.19. The first-order valence-corrected chi connectivity index (χ1v) is 9.60. The van der Waals surface area contributed by atoms with Crippen LogP contribution in [-0.4, -0.2) is 12.6 Å². The minimum Gasteiger partial charge on any atom is -0.313 e. The number of rotatable bonds is 3. The summed E-state index contributed by atoms with van der Waals surface area (Å²) in [7, 11) is 0. The fourth-order valence-corrected chi connectivity index (χ4v) is 4.64. The standard InChI is InChI=1S/C25H23N/c1-3-12-20-18(8-1)10-5-14-22(20)25(24-16-7-17-26-24)23-15-6-11-19-9-2-4-13-21(19)23/h1-6,8-15,24-26H,7,16-17H2. The monoisotopic (exact) mass is 337 g/mol. The molecule has 128 valence electrons. The Hall–Kier alpha value is -2.64. The van der Waals surface area contributed by atoms with E-state index in [1.165, 1.54) is 45.5 Å². The molecule has 1 heteroatoms. The van der Waals surface area contributed by atoms with Crippen LogP contribution in [0.2, 0.25) is 0 Å². The van der Waals surface area contributed by atoms with E-state index in [0.717, 1.165) is 6.54 Å². The van der Waals surface area contributed by atoms with E-state index in [-0.39, 0.29) is 0 Å². The molecule has 1 aliphatic rings. The molecule has 4 aromatic rings. The molecular weight excluding hydrogens is 314 g/mol. The van der Waals surface area contributed by atoms with Gasteiger partial charge in [0.2, 0.25) is 0 Å². The van der Waals surface area contributed by atoms with Crippen molar-refractivity contribution in [1.29, 1.82) is 0 Å². The van der Waals surface area contributed by atoms with Crippen LogP contribution in [0.3, 0.4) is 0 Å². The van der Waals surface area contributed by atoms with E-state index in [9.17, 15) is 0 Å². The van der Waals surface area contributed by atoms with Gasteiger partial charge in [-0.1, -0.05) is 84.9 Å². The third-order valence-corrected chi connectivity index (χ3v) is 5.82. The van der Waals surface area contributed by atoms with E-state index in [2.05, 4.69) is 90.2 Å². The largest absolute Gasteiger partial charge is 0.313 e. The minimum atomic E-state index is 0.370. The van der Waals surface area contributed by atoms with Gasteiger partial charge in [-0.3, -0.25) is 0 Å². The Morgan fingerprint density at radius 2 is 1.19 bits per heavy atom. The van der Waals surface area contributed by atoms with Gasteiger partial charge in [0.25, 0.3) is 0 Å². The Morgan fingerprint density at radius 1 is 0.654 bits per heavy atom. The molecule has 4 aromatic carbocycles. The van der Waals surface area contributed by atoms with Crippen molar-refractivity contribution in [2.24, 2.45) is 0 Å². The Bertz CT molecular complexity index is 970. The Kier molecular flexibility index (Phi) is 3.95. The lowest BCUT2D eigenvalue weighted by Crippen LogP contribution is -2.30. The zero-order valence-corrected chi connectivity index (χ0v) is 14.9. The molecule has 1 atom stereocenters. The summed E-state index contributed by atoms with van der Waals surface area (Å²) < 4.78 is 0. The van der Waals surface area contributed by atoms with Gasteiger partial charge in [0.15, 0.2) is 0 Å². The van der Waals surface area contributed by atoms with Crippen LogP contribution in [0.4, 0.5) is 0 Å². The van der Waals surface area contributed by atoms with E-state index in [4.69, 9.17) is 0 Å². The lowest BCUT2D eigenvalue weighted by Gasteiger charge is -2.27. The predicted octanol–water partition coefficient (Wildman–Crippen LogP) is 5.88. The molecule has 1 N–H and O–H groups in total. The fourth-order valence-electron chi connectivity index (χ4n) is 4.64. The predicted molar refractivity (Wildman–Crippen MR) is 111 cm³/mol. The van der Waals surface area contributed by atoms with Crippen LogP contribution in [0.5, 0.6) is 0 Å². The normalized spacial score (nSPS) is 17.3. The number of hydrogen-bond acceptors (Lipinski definition) is 1. The second-order valence-electron chi connectivity index (χ2n) is 7.32. The van der Waals surface area contributed by atoms with Crippen molar-refractivity contribution in [2.75, 3.05) is 6.54 Å². The maximum atomic E-state index is 3.78. The first kappa shape index (κ1) is 15.6. The SMILES string of the molecule is c1ccc2c(C(c3cccc4ccccc34)C3CCCN3)cccc2c1. The third-order valence-electron chi connectivity index (χ3n) is 5.82. The first-order valence-electron chi connectivity index (χ1n) is 9.60. The third kappa shape index (κ3) is 2.60. The molecule has 0 aliphatic carbocycles. The maximum absolute atomic E-state index is 3.78. The summed E-state index contributed by atoms with van der Waals surface area (Å²) in [6.45, 7) is 1.12. The fraction of sp³-hybridized carbons (Fsp3) is 0.200. The van der Waals surface area contributed by atoms with E-state index in [0.29, 0.717) is 12.0 Å². The van der Waals surface area contributed by atoms with Crippen molar-refractivity contribution in [3.63, 3.8) is 0 Å². The van der Waals surface area contributed by atoms with Crippen molar-refractivity contribution in [2.45, 2.75) is 24.8 Å². The van der Waals surface area contributed by atoms with Gasteiger partial charge in [-0.25, -0.2) is 0 Å². The number of fused-ring (bicyclic) bond motifs is 2. The van der Waals surface area contributed by atoms with E-state index in [1.54, 1.807) is 0 Å². The first-order chi connectivity index (χ1) is 12.9. The summed E-state index contributed by atoms with van der Waals surface area (Å²) in [5.74, 6) is 0.370. The second-order valence-corrected chi connectivity index (χ2v) is 7.32. The molecular formula is C25H23N. The number of hydrogen-bond donors (Lipinski definition) is 1. The smallest absolute Gasteiger partial charge is 0.0255 e. The van der Waals surface area contributed by atoms with Crippen LogP contribution in [0.25, 0.3) is 21.5 Å². The van der Waals surface area contributed by atoms with Crippen LogP contribution < -0.4 is 5.32 Å². The topological polar surface area (TPSA) is 12.0 Å². The number of benzene rings is 4. The van der Waals surface area contributed by atoms with Crippen molar-refractivity contribution in [3.8, 4) is 0 Å². The molecule has 1 heterocycles. The molecule has 0 amide bonds. The van der Waals surface area contributed by atoms with Crippen molar-refractivity contribution in [1.82, 2.24) is 5.32 Å². The molecule has 1 aliphatic heterocycles. The van der Waals surface area contributed by atoms with Gasteiger partial charge in [0, 0.05) is 12.0 Å². The molecule has 0 saturated carbocycles. The highest BCUT2D eigenvalue weighted by atomic mass is 14.9. The molecule has 0 aromatic heterocycles. The number of nitrogens with one attached hydrogen (secondary N) is 1. The quantitative estimate of drug-likeness (QED) is 0.492. The van der Waals surface area contributed by atoms with Gasteiger partial charge >= 0.3 is 0 Å². The molecule has 1 saturated heterocycles. The van der Waals surface area contributed by atoms with Crippen molar-refractivity contribution in [3.05, 3.63) is 96.1 Å². The summed E-state index contributed by atoms with van der Waals surface area (Å²) in [6.07, 6.45) is 2.49. The van der Waals surface area contributed by atoms with E-state index < -0.39 is 0 Å². The average molecular weight is 337 g/mol. The molecule has 0 radical (unpaired) electrons. The van der Waals surface area contributed by atoms with Gasteiger partial charge in [-0.15, -0.1) is 0 Å². The molecule has 1 fully saturated rings. The van der Waals surface area contributed by atoms with Gasteiger partial charge in [-0.05, 0) is 52.1 Å². The van der Waals surface area contributed by atoms with Crippen molar-refractivity contribution >= 4 is 21.5 Å². The second kappa shape index (κ2) is 6.59. The summed E-state index contributed by atoms with van der Waals surface area (Å²) >= 11 is 0.